The lowest BCUT2D eigenvalue weighted by molar-refractivity contribution is -0.0284. The Labute approximate surface area is 357 Å². The lowest BCUT2D eigenvalue weighted by Crippen LogP contribution is -2.15. The van der Waals surface area contributed by atoms with Crippen LogP contribution < -0.4 is 0 Å². The van der Waals surface area contributed by atoms with Gasteiger partial charge in [-0.3, -0.25) is 0 Å². The van der Waals surface area contributed by atoms with E-state index in [1.807, 2.05) is 0 Å². The van der Waals surface area contributed by atoms with Gasteiger partial charge < -0.3 is 56.8 Å². The summed E-state index contributed by atoms with van der Waals surface area (Å²) in [4.78, 5) is 0. The summed E-state index contributed by atoms with van der Waals surface area (Å²) in [6.07, 6.45) is 26.9. The van der Waals surface area contributed by atoms with Crippen molar-refractivity contribution in [3.05, 3.63) is 0 Å². The zero-order chi connectivity index (χ0) is 41.6. The number of unbranched alkanes of at least 4 members (excludes halogenated alkanes) is 18. The summed E-state index contributed by atoms with van der Waals surface area (Å²) in [6, 6.07) is 0. The van der Waals surface area contributed by atoms with E-state index in [-0.39, 0.29) is 0 Å². The van der Waals surface area contributed by atoms with Crippen LogP contribution in [0, 0.1) is 0 Å². The zero-order valence-corrected chi connectivity index (χ0v) is 38.0. The summed E-state index contributed by atoms with van der Waals surface area (Å²) in [5.41, 5.74) is 0. The predicted octanol–water partition coefficient (Wildman–Crippen LogP) is 9.03. The minimum absolute atomic E-state index is 0.523. The van der Waals surface area contributed by atoms with Gasteiger partial charge in [-0.05, 0) is 12.8 Å². The summed E-state index contributed by atoms with van der Waals surface area (Å²) in [6.45, 7) is 18.4. The molecule has 12 nitrogen and oxygen atoms in total. The van der Waals surface area contributed by atoms with Crippen molar-refractivity contribution in [1.82, 2.24) is 0 Å². The van der Waals surface area contributed by atoms with Crippen LogP contribution in [0.25, 0.3) is 0 Å². The Hall–Kier alpha value is -0.480. The molecule has 0 unspecified atom stereocenters. The number of ether oxygens (including phenoxy) is 12. The molecule has 0 aromatic carbocycles. The van der Waals surface area contributed by atoms with E-state index in [9.17, 15) is 0 Å². The van der Waals surface area contributed by atoms with Crippen LogP contribution >= 0.6 is 0 Å². The van der Waals surface area contributed by atoms with Gasteiger partial charge in [0.2, 0.25) is 0 Å². The molecule has 0 saturated heterocycles. The molecular weight excluding hydrogens is 744 g/mol. The van der Waals surface area contributed by atoms with Crippen molar-refractivity contribution in [3.63, 3.8) is 0 Å². The van der Waals surface area contributed by atoms with Gasteiger partial charge in [0.25, 0.3) is 0 Å². The van der Waals surface area contributed by atoms with E-state index >= 15 is 0 Å². The van der Waals surface area contributed by atoms with E-state index in [0.717, 1.165) is 26.1 Å². The Morgan fingerprint density at radius 3 is 0.414 bits per heavy atom. The second kappa shape index (κ2) is 56.5. The predicted molar refractivity (Wildman–Crippen MR) is 234 cm³/mol. The van der Waals surface area contributed by atoms with Crippen molar-refractivity contribution >= 4 is 0 Å². The van der Waals surface area contributed by atoms with Gasteiger partial charge in [-0.1, -0.05) is 129 Å². The molecule has 0 aromatic heterocycles. The zero-order valence-electron chi connectivity index (χ0n) is 38.0. The van der Waals surface area contributed by atoms with Crippen LogP contribution in [0.2, 0.25) is 0 Å². The number of rotatable bonds is 55. The number of hydrogen-bond acceptors (Lipinski definition) is 12. The SMILES string of the molecule is CCCCCCCCCCCCOCCOCCOCCOCCOCCOCCOCCOCCOCCOCCOCCOCCCCCCCCCCCC. The molecular formula is C46H94O12. The third-order valence-corrected chi connectivity index (χ3v) is 9.38. The van der Waals surface area contributed by atoms with Crippen LogP contribution in [0.3, 0.4) is 0 Å². The average Bonchev–Trinajstić information content (AvgIpc) is 3.23. The Bertz CT molecular complexity index is 637. The highest BCUT2D eigenvalue weighted by molar-refractivity contribution is 4.49. The van der Waals surface area contributed by atoms with Crippen molar-refractivity contribution in [2.45, 2.75) is 142 Å². The second-order valence-electron chi connectivity index (χ2n) is 14.7. The Morgan fingerprint density at radius 2 is 0.259 bits per heavy atom. The Morgan fingerprint density at radius 1 is 0.138 bits per heavy atom. The average molecular weight is 839 g/mol. The molecule has 0 spiro atoms. The van der Waals surface area contributed by atoms with Gasteiger partial charge >= 0.3 is 0 Å². The molecule has 0 saturated carbocycles. The maximum absolute atomic E-state index is 5.66. The maximum Gasteiger partial charge on any atom is 0.0701 e. The standard InChI is InChI=1S/C46H94O12/c1-3-5-7-9-11-13-15-17-19-21-23-47-25-27-49-29-31-51-33-35-53-37-39-55-41-43-57-45-46-58-44-42-56-40-38-54-36-34-52-32-30-50-28-26-48-24-22-20-18-16-14-12-10-8-6-4-2/h3-46H2,1-2H3. The molecule has 0 aliphatic carbocycles. The van der Waals surface area contributed by atoms with E-state index in [4.69, 9.17) is 56.8 Å². The highest BCUT2D eigenvalue weighted by Crippen LogP contribution is 2.11. The lowest BCUT2D eigenvalue weighted by atomic mass is 10.1. The van der Waals surface area contributed by atoms with Crippen LogP contribution in [0.4, 0.5) is 0 Å². The van der Waals surface area contributed by atoms with E-state index < -0.39 is 0 Å². The first-order valence-electron chi connectivity index (χ1n) is 23.8. The van der Waals surface area contributed by atoms with Gasteiger partial charge in [-0.2, -0.15) is 0 Å². The fourth-order valence-electron chi connectivity index (χ4n) is 5.90. The van der Waals surface area contributed by atoms with E-state index in [1.165, 1.54) is 116 Å². The third kappa shape index (κ3) is 55.5. The third-order valence-electron chi connectivity index (χ3n) is 9.38. The van der Waals surface area contributed by atoms with E-state index in [0.29, 0.717) is 145 Å². The Balaban J connectivity index is 3.05. The smallest absolute Gasteiger partial charge is 0.0701 e. The summed E-state index contributed by atoms with van der Waals surface area (Å²) in [5.74, 6) is 0. The molecule has 0 radical (unpaired) electrons. The molecule has 58 heavy (non-hydrogen) atoms. The lowest BCUT2D eigenvalue weighted by Gasteiger charge is -2.09. The first-order valence-corrected chi connectivity index (χ1v) is 23.8. The van der Waals surface area contributed by atoms with Crippen LogP contribution in [-0.2, 0) is 56.8 Å². The van der Waals surface area contributed by atoms with Crippen molar-refractivity contribution < 1.29 is 56.8 Å². The highest BCUT2D eigenvalue weighted by Gasteiger charge is 1.99. The van der Waals surface area contributed by atoms with Crippen LogP contribution in [-0.4, -0.2) is 159 Å². The van der Waals surface area contributed by atoms with Crippen molar-refractivity contribution in [1.29, 1.82) is 0 Å². The van der Waals surface area contributed by atoms with Gasteiger partial charge in [-0.15, -0.1) is 0 Å². The largest absolute Gasteiger partial charge is 0.379 e. The van der Waals surface area contributed by atoms with Crippen molar-refractivity contribution in [2.75, 3.05) is 159 Å². The molecule has 0 rings (SSSR count). The molecule has 0 aliphatic rings. The molecule has 0 amide bonds. The molecule has 0 heterocycles. The normalized spacial score (nSPS) is 11.7. The first-order chi connectivity index (χ1) is 28.9. The topological polar surface area (TPSA) is 111 Å². The van der Waals surface area contributed by atoms with Crippen LogP contribution in [0.15, 0.2) is 0 Å². The number of hydrogen-bond donors (Lipinski definition) is 0. The van der Waals surface area contributed by atoms with Gasteiger partial charge in [0.1, 0.15) is 0 Å². The monoisotopic (exact) mass is 839 g/mol. The van der Waals surface area contributed by atoms with Gasteiger partial charge in [0.15, 0.2) is 0 Å². The molecule has 12 heteroatoms. The van der Waals surface area contributed by atoms with Gasteiger partial charge in [-0.25, -0.2) is 0 Å². The minimum atomic E-state index is 0.523. The second-order valence-corrected chi connectivity index (χ2v) is 14.7. The molecule has 0 atom stereocenters. The fourth-order valence-corrected chi connectivity index (χ4v) is 5.90. The van der Waals surface area contributed by atoms with E-state index in [2.05, 4.69) is 13.8 Å². The summed E-state index contributed by atoms with van der Waals surface area (Å²) in [7, 11) is 0. The van der Waals surface area contributed by atoms with Crippen molar-refractivity contribution in [3.8, 4) is 0 Å². The molecule has 0 aliphatic heterocycles. The molecule has 0 aromatic rings. The summed E-state index contributed by atoms with van der Waals surface area (Å²) < 4.78 is 66.7. The van der Waals surface area contributed by atoms with Gasteiger partial charge in [0, 0.05) is 13.2 Å². The molecule has 350 valence electrons. The first kappa shape index (κ1) is 57.5. The fraction of sp³-hybridized carbons (Fsp3) is 1.00. The Kier molecular flexibility index (Phi) is 56.1. The summed E-state index contributed by atoms with van der Waals surface area (Å²) >= 11 is 0. The quantitative estimate of drug-likeness (QED) is 0.0546. The molecule has 0 bridgehead atoms. The molecule has 0 fully saturated rings. The van der Waals surface area contributed by atoms with Crippen LogP contribution in [0.5, 0.6) is 0 Å². The maximum atomic E-state index is 5.66. The molecule has 0 N–H and O–H groups in total. The van der Waals surface area contributed by atoms with E-state index in [1.54, 1.807) is 0 Å². The van der Waals surface area contributed by atoms with Crippen molar-refractivity contribution in [2.24, 2.45) is 0 Å². The summed E-state index contributed by atoms with van der Waals surface area (Å²) in [5, 5.41) is 0. The van der Waals surface area contributed by atoms with Gasteiger partial charge in [0.05, 0.1) is 145 Å². The minimum Gasteiger partial charge on any atom is -0.379 e. The van der Waals surface area contributed by atoms with Crippen LogP contribution in [0.1, 0.15) is 142 Å². The highest BCUT2D eigenvalue weighted by atomic mass is 16.6.